The number of fused-ring (bicyclic) bond motifs is 1. The van der Waals surface area contributed by atoms with Gasteiger partial charge in [-0.3, -0.25) is 9.36 Å². The number of carbonyl (C=O) groups is 1. The first-order valence-electron chi connectivity index (χ1n) is 8.99. The molecule has 152 valence electrons. The predicted octanol–water partition coefficient (Wildman–Crippen LogP) is 1.39. The molecular formula is C20H18N6O4. The number of nitrogens with zero attached hydrogens (tertiary/aromatic N) is 5. The van der Waals surface area contributed by atoms with E-state index in [0.29, 0.717) is 22.5 Å². The molecule has 0 fully saturated rings. The average molecular weight is 406 g/mol. The highest BCUT2D eigenvalue weighted by molar-refractivity contribution is 6.03. The van der Waals surface area contributed by atoms with E-state index in [1.807, 2.05) is 0 Å². The Hall–Kier alpha value is -4.05. The molecule has 3 heterocycles. The Morgan fingerprint density at radius 3 is 2.53 bits per heavy atom. The number of esters is 1. The summed E-state index contributed by atoms with van der Waals surface area (Å²) in [6, 6.07) is 10.00. The van der Waals surface area contributed by atoms with E-state index >= 15 is 0 Å². The smallest absolute Gasteiger partial charge is 0.345 e. The fraction of sp³-hybridized carbons (Fsp3) is 0.150. The lowest BCUT2D eigenvalue weighted by atomic mass is 10.1. The second kappa shape index (κ2) is 7.41. The highest BCUT2D eigenvalue weighted by Crippen LogP contribution is 2.26. The van der Waals surface area contributed by atoms with Crippen LogP contribution < -0.4 is 11.3 Å². The molecule has 0 aliphatic heterocycles. The van der Waals surface area contributed by atoms with Gasteiger partial charge in [0.2, 0.25) is 0 Å². The van der Waals surface area contributed by atoms with Gasteiger partial charge in [0.05, 0.1) is 24.6 Å². The van der Waals surface area contributed by atoms with Gasteiger partial charge in [0, 0.05) is 5.39 Å². The zero-order valence-electron chi connectivity index (χ0n) is 16.2. The molecule has 0 aliphatic rings. The zero-order valence-corrected chi connectivity index (χ0v) is 16.2. The molecule has 10 nitrogen and oxygen atoms in total. The Kier molecular flexibility index (Phi) is 4.76. The van der Waals surface area contributed by atoms with Crippen molar-refractivity contribution in [3.05, 3.63) is 70.5 Å². The Bertz CT molecular complexity index is 1290. The highest BCUT2D eigenvalue weighted by Gasteiger charge is 2.23. The van der Waals surface area contributed by atoms with Crippen LogP contribution in [0.25, 0.3) is 22.5 Å². The summed E-state index contributed by atoms with van der Waals surface area (Å²) in [4.78, 5) is 34.0. The number of aliphatic hydroxyl groups excluding tert-OH is 1. The second-order valence-corrected chi connectivity index (χ2v) is 6.57. The lowest BCUT2D eigenvalue weighted by Crippen LogP contribution is -2.29. The molecule has 0 radical (unpaired) electrons. The van der Waals surface area contributed by atoms with Crippen LogP contribution in [0, 0.1) is 0 Å². The molecule has 3 N–H and O–H groups in total. The van der Waals surface area contributed by atoms with Crippen molar-refractivity contribution in [1.82, 2.24) is 24.3 Å². The number of ether oxygens (including phenoxy) is 1. The molecule has 1 atom stereocenters. The number of carbonyl (C=O) groups excluding carboxylic acids is 1. The number of aromatic nitrogens is 5. The van der Waals surface area contributed by atoms with Crippen LogP contribution in [0.5, 0.6) is 0 Å². The SMILES string of the molecule is COC(=O)c1c(N)c2ccc(-n3cncn3)nc2n(-c2ccc(C(C)O)cc2)c1=O. The Balaban J connectivity index is 2.07. The maximum Gasteiger partial charge on any atom is 0.345 e. The third kappa shape index (κ3) is 3.08. The van der Waals surface area contributed by atoms with Crippen molar-refractivity contribution in [2.24, 2.45) is 0 Å². The van der Waals surface area contributed by atoms with Gasteiger partial charge < -0.3 is 15.6 Å². The van der Waals surface area contributed by atoms with Gasteiger partial charge in [-0.15, -0.1) is 0 Å². The topological polar surface area (TPSA) is 138 Å². The normalized spacial score (nSPS) is 12.1. The molecule has 0 saturated carbocycles. The van der Waals surface area contributed by atoms with Crippen molar-refractivity contribution in [2.75, 3.05) is 12.8 Å². The van der Waals surface area contributed by atoms with Crippen LogP contribution in [0.15, 0.2) is 53.8 Å². The minimum Gasteiger partial charge on any atom is -0.465 e. The number of pyridine rings is 2. The van der Waals surface area contributed by atoms with Gasteiger partial charge in [-0.05, 0) is 36.8 Å². The predicted molar refractivity (Wildman–Crippen MR) is 109 cm³/mol. The van der Waals surface area contributed by atoms with Crippen LogP contribution in [0.2, 0.25) is 0 Å². The first-order chi connectivity index (χ1) is 14.4. The lowest BCUT2D eigenvalue weighted by Gasteiger charge is -2.15. The van der Waals surface area contributed by atoms with Gasteiger partial charge in [-0.1, -0.05) is 12.1 Å². The van der Waals surface area contributed by atoms with Crippen LogP contribution >= 0.6 is 0 Å². The zero-order chi connectivity index (χ0) is 21.4. The molecule has 0 amide bonds. The summed E-state index contributed by atoms with van der Waals surface area (Å²) in [5.74, 6) is -0.423. The maximum absolute atomic E-state index is 13.3. The summed E-state index contributed by atoms with van der Waals surface area (Å²) in [5, 5.41) is 14.2. The van der Waals surface area contributed by atoms with Crippen LogP contribution in [-0.2, 0) is 4.74 Å². The lowest BCUT2D eigenvalue weighted by molar-refractivity contribution is 0.0600. The minimum absolute atomic E-state index is 0.0173. The van der Waals surface area contributed by atoms with Crippen LogP contribution in [0.4, 0.5) is 5.69 Å². The van der Waals surface area contributed by atoms with Gasteiger partial charge in [0.1, 0.15) is 18.2 Å². The fourth-order valence-corrected chi connectivity index (χ4v) is 3.17. The van der Waals surface area contributed by atoms with E-state index in [9.17, 15) is 14.7 Å². The molecule has 4 aromatic rings. The van der Waals surface area contributed by atoms with E-state index in [-0.39, 0.29) is 16.9 Å². The first kappa shape index (κ1) is 19.3. The monoisotopic (exact) mass is 406 g/mol. The number of nitrogens with two attached hydrogens (primary N) is 1. The Labute approximate surface area is 170 Å². The summed E-state index contributed by atoms with van der Waals surface area (Å²) < 4.78 is 7.48. The summed E-state index contributed by atoms with van der Waals surface area (Å²) in [6.07, 6.45) is 2.17. The van der Waals surface area contributed by atoms with Gasteiger partial charge in [-0.25, -0.2) is 19.4 Å². The number of aliphatic hydroxyl groups is 1. The molecule has 0 spiro atoms. The third-order valence-electron chi connectivity index (χ3n) is 4.73. The van der Waals surface area contributed by atoms with Gasteiger partial charge in [0.15, 0.2) is 11.5 Å². The van der Waals surface area contributed by atoms with Crippen molar-refractivity contribution < 1.29 is 14.6 Å². The third-order valence-corrected chi connectivity index (χ3v) is 4.73. The van der Waals surface area contributed by atoms with Crippen LogP contribution in [0.3, 0.4) is 0 Å². The van der Waals surface area contributed by atoms with Crippen molar-refractivity contribution in [2.45, 2.75) is 13.0 Å². The summed E-state index contributed by atoms with van der Waals surface area (Å²) in [6.45, 7) is 1.64. The molecule has 30 heavy (non-hydrogen) atoms. The summed E-state index contributed by atoms with van der Waals surface area (Å²) in [7, 11) is 1.18. The van der Waals surface area contributed by atoms with E-state index in [1.54, 1.807) is 43.3 Å². The summed E-state index contributed by atoms with van der Waals surface area (Å²) >= 11 is 0. The van der Waals surface area contributed by atoms with E-state index < -0.39 is 17.6 Å². The molecule has 0 aliphatic carbocycles. The van der Waals surface area contributed by atoms with Crippen molar-refractivity contribution in [1.29, 1.82) is 0 Å². The Morgan fingerprint density at radius 1 is 1.20 bits per heavy atom. The van der Waals surface area contributed by atoms with Crippen LogP contribution in [0.1, 0.15) is 28.9 Å². The number of hydrogen-bond donors (Lipinski definition) is 2. The number of anilines is 1. The molecule has 1 aromatic carbocycles. The number of benzene rings is 1. The van der Waals surface area contributed by atoms with E-state index in [4.69, 9.17) is 10.5 Å². The molecule has 4 rings (SSSR count). The average Bonchev–Trinajstić information content (AvgIpc) is 3.28. The highest BCUT2D eigenvalue weighted by atomic mass is 16.5. The minimum atomic E-state index is -0.839. The molecule has 1 unspecified atom stereocenters. The van der Waals surface area contributed by atoms with E-state index in [2.05, 4.69) is 15.1 Å². The standard InChI is InChI=1S/C20H18N6O4/c1-11(27)12-3-5-13(6-4-12)26-18-14(17(21)16(19(26)28)20(29)30-2)7-8-15(24-18)25-10-22-9-23-25/h3-11,27H,21H2,1-2H3. The quantitative estimate of drug-likeness (QED) is 0.485. The van der Waals surface area contributed by atoms with Crippen molar-refractivity contribution in [3.63, 3.8) is 0 Å². The van der Waals surface area contributed by atoms with Gasteiger partial charge >= 0.3 is 5.97 Å². The number of methoxy groups -OCH3 is 1. The second-order valence-electron chi connectivity index (χ2n) is 6.57. The van der Waals surface area contributed by atoms with Gasteiger partial charge in [-0.2, -0.15) is 5.10 Å². The molecule has 0 bridgehead atoms. The molecule has 0 saturated heterocycles. The van der Waals surface area contributed by atoms with Crippen molar-refractivity contribution in [3.8, 4) is 11.5 Å². The molecular weight excluding hydrogens is 388 g/mol. The number of hydrogen-bond acceptors (Lipinski definition) is 8. The summed E-state index contributed by atoms with van der Waals surface area (Å²) in [5.41, 5.74) is 6.55. The molecule has 3 aromatic heterocycles. The van der Waals surface area contributed by atoms with E-state index in [0.717, 1.165) is 0 Å². The first-order valence-corrected chi connectivity index (χ1v) is 8.99. The maximum atomic E-state index is 13.3. The van der Waals surface area contributed by atoms with Crippen LogP contribution in [-0.4, -0.2) is 42.5 Å². The van der Waals surface area contributed by atoms with Gasteiger partial charge in [0.25, 0.3) is 5.56 Å². The molecule has 10 heteroatoms. The number of rotatable bonds is 4. The van der Waals surface area contributed by atoms with E-state index in [1.165, 1.54) is 29.0 Å². The number of nitrogen functional groups attached to an aromatic ring is 1. The fourth-order valence-electron chi connectivity index (χ4n) is 3.17. The van der Waals surface area contributed by atoms with Crippen molar-refractivity contribution >= 4 is 22.7 Å². The Morgan fingerprint density at radius 2 is 1.93 bits per heavy atom. The largest absolute Gasteiger partial charge is 0.465 e.